The van der Waals surface area contributed by atoms with Crippen LogP contribution < -0.4 is 16.0 Å². The van der Waals surface area contributed by atoms with Crippen LogP contribution in [0.5, 0.6) is 0 Å². The van der Waals surface area contributed by atoms with Gasteiger partial charge in [0.1, 0.15) is 0 Å². The maximum atomic E-state index is 10.5. The van der Waals surface area contributed by atoms with E-state index in [1.165, 1.54) is 24.3 Å². The summed E-state index contributed by atoms with van der Waals surface area (Å²) in [4.78, 5) is 0. The van der Waals surface area contributed by atoms with Crippen molar-refractivity contribution < 1.29 is 13.0 Å². The SMILES string of the molecule is Nc1ccc(N(N)S(=O)(=O)O)cc1. The number of benzene rings is 1. The van der Waals surface area contributed by atoms with E-state index in [-0.39, 0.29) is 10.1 Å². The zero-order valence-corrected chi connectivity index (χ0v) is 7.40. The summed E-state index contributed by atoms with van der Waals surface area (Å²) < 4.78 is 29.9. The van der Waals surface area contributed by atoms with Gasteiger partial charge in [-0.2, -0.15) is 12.8 Å². The zero-order valence-electron chi connectivity index (χ0n) is 6.58. The van der Waals surface area contributed by atoms with Gasteiger partial charge in [0, 0.05) is 5.69 Å². The summed E-state index contributed by atoms with van der Waals surface area (Å²) in [7, 11) is -4.40. The van der Waals surface area contributed by atoms with Crippen LogP contribution in [0.1, 0.15) is 0 Å². The molecular formula is C6H9N3O3S. The quantitative estimate of drug-likeness (QED) is 0.266. The predicted octanol–water partition coefficient (Wildman–Crippen LogP) is -0.248. The second kappa shape index (κ2) is 3.21. The Balaban J connectivity index is 3.04. The van der Waals surface area contributed by atoms with Crippen molar-refractivity contribution in [1.82, 2.24) is 0 Å². The van der Waals surface area contributed by atoms with Gasteiger partial charge >= 0.3 is 10.3 Å². The molecule has 0 aromatic heterocycles. The minimum absolute atomic E-state index is 0.136. The van der Waals surface area contributed by atoms with E-state index in [1.54, 1.807) is 0 Å². The number of hydrazine groups is 1. The topological polar surface area (TPSA) is 110 Å². The third-order valence-corrected chi connectivity index (χ3v) is 2.10. The first kappa shape index (κ1) is 9.78. The molecule has 0 radical (unpaired) electrons. The maximum Gasteiger partial charge on any atom is 0.373 e. The molecular weight excluding hydrogens is 194 g/mol. The lowest BCUT2D eigenvalue weighted by Gasteiger charge is -2.13. The molecule has 0 amide bonds. The van der Waals surface area contributed by atoms with Gasteiger partial charge in [0.15, 0.2) is 0 Å². The highest BCUT2D eigenvalue weighted by molar-refractivity contribution is 7.87. The summed E-state index contributed by atoms with van der Waals surface area (Å²) in [5.41, 5.74) is 5.98. The van der Waals surface area contributed by atoms with E-state index < -0.39 is 10.3 Å². The lowest BCUT2D eigenvalue weighted by molar-refractivity contribution is 0.478. The van der Waals surface area contributed by atoms with Crippen molar-refractivity contribution in [2.24, 2.45) is 5.84 Å². The Hall–Kier alpha value is -1.31. The Labute approximate surface area is 75.6 Å². The average Bonchev–Trinajstić information content (AvgIpc) is 2.03. The van der Waals surface area contributed by atoms with Crippen molar-refractivity contribution in [1.29, 1.82) is 0 Å². The van der Waals surface area contributed by atoms with Crippen LogP contribution in [0.25, 0.3) is 0 Å². The van der Waals surface area contributed by atoms with Gasteiger partial charge < -0.3 is 5.73 Å². The highest BCUT2D eigenvalue weighted by atomic mass is 32.2. The Kier molecular flexibility index (Phi) is 2.41. The number of nitrogens with two attached hydrogens (primary N) is 2. The van der Waals surface area contributed by atoms with Crippen molar-refractivity contribution in [2.45, 2.75) is 0 Å². The van der Waals surface area contributed by atoms with E-state index >= 15 is 0 Å². The summed E-state index contributed by atoms with van der Waals surface area (Å²) in [6.07, 6.45) is 0. The predicted molar refractivity (Wildman–Crippen MR) is 49.1 cm³/mol. The van der Waals surface area contributed by atoms with Crippen LogP contribution in [0, 0.1) is 0 Å². The number of rotatable bonds is 2. The molecule has 0 aliphatic carbocycles. The number of hydrogen-bond donors (Lipinski definition) is 3. The molecule has 0 aliphatic heterocycles. The van der Waals surface area contributed by atoms with Gasteiger partial charge in [0.25, 0.3) is 0 Å². The van der Waals surface area contributed by atoms with E-state index in [4.69, 9.17) is 16.1 Å². The van der Waals surface area contributed by atoms with E-state index in [0.717, 1.165) is 0 Å². The largest absolute Gasteiger partial charge is 0.399 e. The molecule has 72 valence electrons. The minimum Gasteiger partial charge on any atom is -0.399 e. The summed E-state index contributed by atoms with van der Waals surface area (Å²) in [6.45, 7) is 0. The number of nitrogens with zero attached hydrogens (tertiary/aromatic N) is 1. The van der Waals surface area contributed by atoms with Crippen molar-refractivity contribution in [3.05, 3.63) is 24.3 Å². The smallest absolute Gasteiger partial charge is 0.373 e. The number of nitrogen functional groups attached to an aromatic ring is 1. The molecule has 0 unspecified atom stereocenters. The first-order valence-corrected chi connectivity index (χ1v) is 4.69. The number of anilines is 2. The monoisotopic (exact) mass is 203 g/mol. The highest BCUT2D eigenvalue weighted by Crippen LogP contribution is 2.14. The fourth-order valence-corrected chi connectivity index (χ4v) is 1.14. The van der Waals surface area contributed by atoms with E-state index in [1.807, 2.05) is 0 Å². The Morgan fingerprint density at radius 2 is 1.69 bits per heavy atom. The molecule has 0 spiro atoms. The van der Waals surface area contributed by atoms with Crippen LogP contribution >= 0.6 is 0 Å². The average molecular weight is 203 g/mol. The fourth-order valence-electron chi connectivity index (χ4n) is 0.754. The Bertz CT molecular complexity index is 386. The van der Waals surface area contributed by atoms with Crippen LogP contribution in [0.4, 0.5) is 11.4 Å². The molecule has 0 bridgehead atoms. The standard InChI is InChI=1S/C6H9N3O3S/c7-5-1-3-6(4-2-5)9(8)13(10,11)12/h1-4H,7-8H2,(H,10,11,12). The first-order valence-electron chi connectivity index (χ1n) is 3.29. The van der Waals surface area contributed by atoms with Crippen LogP contribution in [0.15, 0.2) is 24.3 Å². The van der Waals surface area contributed by atoms with Gasteiger partial charge in [-0.25, -0.2) is 5.84 Å². The lowest BCUT2D eigenvalue weighted by atomic mass is 10.3. The molecule has 1 aromatic rings. The molecule has 7 heteroatoms. The molecule has 1 rings (SSSR count). The van der Waals surface area contributed by atoms with Crippen LogP contribution in [-0.4, -0.2) is 13.0 Å². The van der Waals surface area contributed by atoms with Crippen LogP contribution in [-0.2, 0) is 10.3 Å². The van der Waals surface area contributed by atoms with Gasteiger partial charge in [0.2, 0.25) is 0 Å². The first-order chi connectivity index (χ1) is 5.91. The van der Waals surface area contributed by atoms with Crippen molar-refractivity contribution in [3.63, 3.8) is 0 Å². The molecule has 0 saturated heterocycles. The lowest BCUT2D eigenvalue weighted by Crippen LogP contribution is -2.36. The van der Waals surface area contributed by atoms with Crippen molar-refractivity contribution in [3.8, 4) is 0 Å². The molecule has 0 aliphatic rings. The van der Waals surface area contributed by atoms with Gasteiger partial charge in [-0.15, -0.1) is 0 Å². The van der Waals surface area contributed by atoms with Gasteiger partial charge in [-0.1, -0.05) is 0 Å². The van der Waals surface area contributed by atoms with E-state index in [9.17, 15) is 8.42 Å². The van der Waals surface area contributed by atoms with Crippen LogP contribution in [0.2, 0.25) is 0 Å². The zero-order chi connectivity index (χ0) is 10.1. The Morgan fingerprint density at radius 1 is 1.23 bits per heavy atom. The molecule has 0 saturated carbocycles. The molecule has 13 heavy (non-hydrogen) atoms. The Morgan fingerprint density at radius 3 is 2.08 bits per heavy atom. The molecule has 6 nitrogen and oxygen atoms in total. The van der Waals surface area contributed by atoms with Gasteiger partial charge in [0.05, 0.1) is 5.69 Å². The minimum atomic E-state index is -4.40. The second-order valence-electron chi connectivity index (χ2n) is 2.37. The van der Waals surface area contributed by atoms with Gasteiger partial charge in [-0.3, -0.25) is 4.55 Å². The summed E-state index contributed by atoms with van der Waals surface area (Å²) in [5.74, 6) is 5.08. The van der Waals surface area contributed by atoms with E-state index in [2.05, 4.69) is 0 Å². The van der Waals surface area contributed by atoms with E-state index in [0.29, 0.717) is 5.69 Å². The summed E-state index contributed by atoms with van der Waals surface area (Å²) >= 11 is 0. The second-order valence-corrected chi connectivity index (χ2v) is 3.65. The normalized spacial score (nSPS) is 11.2. The van der Waals surface area contributed by atoms with Crippen LogP contribution in [0.3, 0.4) is 0 Å². The summed E-state index contributed by atoms with van der Waals surface area (Å²) in [5, 5.41) is 0. The van der Waals surface area contributed by atoms with Gasteiger partial charge in [-0.05, 0) is 24.3 Å². The third kappa shape index (κ3) is 2.31. The molecule has 1 aromatic carbocycles. The third-order valence-electron chi connectivity index (χ3n) is 1.40. The number of hydrogen-bond acceptors (Lipinski definition) is 4. The molecule has 0 fully saturated rings. The van der Waals surface area contributed by atoms with Crippen molar-refractivity contribution in [2.75, 3.05) is 10.1 Å². The molecule has 0 atom stereocenters. The molecule has 0 heterocycles. The fraction of sp³-hybridized carbons (Fsp3) is 0. The summed E-state index contributed by atoms with van der Waals surface area (Å²) in [6, 6.07) is 5.70. The maximum absolute atomic E-state index is 10.5. The van der Waals surface area contributed by atoms with Crippen molar-refractivity contribution >= 4 is 21.7 Å². The molecule has 5 N–H and O–H groups in total. The highest BCUT2D eigenvalue weighted by Gasteiger charge is 2.14.